The smallest absolute Gasteiger partial charge is 0.0791 e. The van der Waals surface area contributed by atoms with Gasteiger partial charge in [-0.2, -0.15) is 0 Å². The molecule has 0 radical (unpaired) electrons. The van der Waals surface area contributed by atoms with Crippen LogP contribution in [0.25, 0.3) is 0 Å². The molecule has 0 aliphatic rings. The van der Waals surface area contributed by atoms with E-state index in [1.54, 1.807) is 12.4 Å². The Bertz CT molecular complexity index is 279. The number of hydrogen-bond acceptors (Lipinski definition) is 4. The number of likely N-dealkylation sites (N-methyl/N-ethyl adjacent to an activating group) is 2. The molecule has 1 unspecified atom stereocenters. The summed E-state index contributed by atoms with van der Waals surface area (Å²) in [5.74, 6) is 0. The number of pyridine rings is 1. The molecule has 90 valence electrons. The minimum atomic E-state index is -0.313. The first-order chi connectivity index (χ1) is 7.76. The van der Waals surface area contributed by atoms with Crippen LogP contribution in [-0.2, 0) is 6.54 Å². The summed E-state index contributed by atoms with van der Waals surface area (Å²) in [5.41, 5.74) is 1.23. The summed E-state index contributed by atoms with van der Waals surface area (Å²) >= 11 is 0. The molecule has 1 rings (SSSR count). The Balaban J connectivity index is 2.43. The third-order valence-corrected chi connectivity index (χ3v) is 2.51. The highest BCUT2D eigenvalue weighted by Crippen LogP contribution is 2.03. The van der Waals surface area contributed by atoms with Crippen molar-refractivity contribution in [3.63, 3.8) is 0 Å². The molecule has 1 aromatic heterocycles. The number of aliphatic hydroxyl groups is 1. The lowest BCUT2D eigenvalue weighted by molar-refractivity contribution is 0.112. The third kappa shape index (κ3) is 4.70. The summed E-state index contributed by atoms with van der Waals surface area (Å²) in [4.78, 5) is 6.21. The Labute approximate surface area is 97.3 Å². The maximum atomic E-state index is 9.71. The van der Waals surface area contributed by atoms with Crippen molar-refractivity contribution in [2.45, 2.75) is 19.6 Å². The number of rotatable bonds is 7. The first kappa shape index (κ1) is 13.1. The second kappa shape index (κ2) is 7.33. The molecule has 0 saturated carbocycles. The second-order valence-corrected chi connectivity index (χ2v) is 3.89. The van der Waals surface area contributed by atoms with Crippen LogP contribution in [0.2, 0.25) is 0 Å². The zero-order chi connectivity index (χ0) is 11.8. The van der Waals surface area contributed by atoms with E-state index in [4.69, 9.17) is 0 Å². The summed E-state index contributed by atoms with van der Waals surface area (Å²) in [5, 5.41) is 12.7. The van der Waals surface area contributed by atoms with Gasteiger partial charge in [0, 0.05) is 32.0 Å². The van der Waals surface area contributed by atoms with Gasteiger partial charge in [0.25, 0.3) is 0 Å². The number of aromatic nitrogens is 1. The van der Waals surface area contributed by atoms with Gasteiger partial charge in [-0.05, 0) is 31.3 Å². The van der Waals surface area contributed by atoms with Gasteiger partial charge in [-0.15, -0.1) is 0 Å². The Morgan fingerprint density at radius 3 is 2.69 bits per heavy atom. The van der Waals surface area contributed by atoms with Crippen molar-refractivity contribution in [1.82, 2.24) is 15.2 Å². The van der Waals surface area contributed by atoms with Crippen molar-refractivity contribution >= 4 is 0 Å². The van der Waals surface area contributed by atoms with Crippen LogP contribution in [0.5, 0.6) is 0 Å². The molecular formula is C12H21N3O. The van der Waals surface area contributed by atoms with Crippen molar-refractivity contribution in [2.24, 2.45) is 0 Å². The summed E-state index contributed by atoms with van der Waals surface area (Å²) in [7, 11) is 1.85. The van der Waals surface area contributed by atoms with Gasteiger partial charge in [-0.3, -0.25) is 9.88 Å². The average Bonchev–Trinajstić information content (AvgIpc) is 2.30. The van der Waals surface area contributed by atoms with Crippen molar-refractivity contribution in [1.29, 1.82) is 0 Å². The van der Waals surface area contributed by atoms with Crippen LogP contribution in [0.3, 0.4) is 0 Å². The standard InChI is InChI=1S/C12H21N3O/c1-3-15(10-12(16)8-13-2)9-11-4-6-14-7-5-11/h4-7,12-13,16H,3,8-10H2,1-2H3. The van der Waals surface area contributed by atoms with E-state index < -0.39 is 0 Å². The number of nitrogens with one attached hydrogen (secondary N) is 1. The number of aliphatic hydroxyl groups excluding tert-OH is 1. The van der Waals surface area contributed by atoms with Gasteiger partial charge in [0.15, 0.2) is 0 Å². The normalized spacial score (nSPS) is 13.0. The quantitative estimate of drug-likeness (QED) is 0.706. The molecule has 0 amide bonds. The van der Waals surface area contributed by atoms with E-state index in [1.807, 2.05) is 19.2 Å². The van der Waals surface area contributed by atoms with Crippen LogP contribution in [0.15, 0.2) is 24.5 Å². The predicted molar refractivity (Wildman–Crippen MR) is 65.1 cm³/mol. The molecule has 1 aromatic rings. The maximum absolute atomic E-state index is 9.71. The van der Waals surface area contributed by atoms with Gasteiger partial charge in [-0.25, -0.2) is 0 Å². The van der Waals surface area contributed by atoms with Gasteiger partial charge in [-0.1, -0.05) is 6.92 Å². The number of hydrogen-bond donors (Lipinski definition) is 2. The molecule has 0 spiro atoms. The van der Waals surface area contributed by atoms with Crippen LogP contribution in [-0.4, -0.2) is 47.8 Å². The van der Waals surface area contributed by atoms with E-state index in [0.29, 0.717) is 13.1 Å². The molecular weight excluding hydrogens is 202 g/mol. The first-order valence-electron chi connectivity index (χ1n) is 5.70. The lowest BCUT2D eigenvalue weighted by Crippen LogP contribution is -2.37. The molecule has 1 atom stereocenters. The Morgan fingerprint density at radius 1 is 1.44 bits per heavy atom. The highest BCUT2D eigenvalue weighted by atomic mass is 16.3. The number of nitrogens with zero attached hydrogens (tertiary/aromatic N) is 2. The molecule has 0 aliphatic heterocycles. The monoisotopic (exact) mass is 223 g/mol. The van der Waals surface area contributed by atoms with Gasteiger partial charge in [0.1, 0.15) is 0 Å². The van der Waals surface area contributed by atoms with E-state index in [0.717, 1.165) is 13.1 Å². The fraction of sp³-hybridized carbons (Fsp3) is 0.583. The first-order valence-corrected chi connectivity index (χ1v) is 5.70. The van der Waals surface area contributed by atoms with Crippen molar-refractivity contribution in [2.75, 3.05) is 26.7 Å². The average molecular weight is 223 g/mol. The van der Waals surface area contributed by atoms with Crippen LogP contribution in [0, 0.1) is 0 Å². The van der Waals surface area contributed by atoms with Crippen LogP contribution >= 0.6 is 0 Å². The molecule has 0 bridgehead atoms. The molecule has 0 aromatic carbocycles. The zero-order valence-corrected chi connectivity index (χ0v) is 10.1. The zero-order valence-electron chi connectivity index (χ0n) is 10.1. The summed E-state index contributed by atoms with van der Waals surface area (Å²) in [6.07, 6.45) is 3.28. The molecule has 0 saturated heterocycles. The Morgan fingerprint density at radius 2 is 2.12 bits per heavy atom. The molecule has 4 heteroatoms. The van der Waals surface area contributed by atoms with E-state index in [-0.39, 0.29) is 6.10 Å². The van der Waals surface area contributed by atoms with Gasteiger partial charge < -0.3 is 10.4 Å². The largest absolute Gasteiger partial charge is 0.390 e. The summed E-state index contributed by atoms with van der Waals surface area (Å²) < 4.78 is 0. The van der Waals surface area contributed by atoms with Crippen molar-refractivity contribution < 1.29 is 5.11 Å². The fourth-order valence-corrected chi connectivity index (χ4v) is 1.65. The summed E-state index contributed by atoms with van der Waals surface area (Å²) in [6.45, 7) is 5.22. The molecule has 2 N–H and O–H groups in total. The summed E-state index contributed by atoms with van der Waals surface area (Å²) in [6, 6.07) is 4.01. The van der Waals surface area contributed by atoms with E-state index in [2.05, 4.69) is 22.1 Å². The Hall–Kier alpha value is -0.970. The molecule has 0 fully saturated rings. The third-order valence-electron chi connectivity index (χ3n) is 2.51. The minimum absolute atomic E-state index is 0.313. The Kier molecular flexibility index (Phi) is 6.00. The van der Waals surface area contributed by atoms with Gasteiger partial charge in [0.2, 0.25) is 0 Å². The maximum Gasteiger partial charge on any atom is 0.0791 e. The highest BCUT2D eigenvalue weighted by Gasteiger charge is 2.09. The van der Waals surface area contributed by atoms with Crippen LogP contribution < -0.4 is 5.32 Å². The lowest BCUT2D eigenvalue weighted by Gasteiger charge is -2.23. The highest BCUT2D eigenvalue weighted by molar-refractivity contribution is 5.09. The van der Waals surface area contributed by atoms with E-state index in [9.17, 15) is 5.11 Å². The van der Waals surface area contributed by atoms with Crippen LogP contribution in [0.1, 0.15) is 12.5 Å². The van der Waals surface area contributed by atoms with Crippen molar-refractivity contribution in [3.05, 3.63) is 30.1 Å². The molecule has 16 heavy (non-hydrogen) atoms. The van der Waals surface area contributed by atoms with E-state index in [1.165, 1.54) is 5.56 Å². The predicted octanol–water partition coefficient (Wildman–Crippen LogP) is 0.484. The topological polar surface area (TPSA) is 48.4 Å². The van der Waals surface area contributed by atoms with Crippen molar-refractivity contribution in [3.8, 4) is 0 Å². The fourth-order valence-electron chi connectivity index (χ4n) is 1.65. The molecule has 1 heterocycles. The molecule has 4 nitrogen and oxygen atoms in total. The lowest BCUT2D eigenvalue weighted by atomic mass is 10.2. The second-order valence-electron chi connectivity index (χ2n) is 3.89. The SMILES string of the molecule is CCN(Cc1ccncc1)CC(O)CNC. The van der Waals surface area contributed by atoms with Gasteiger partial charge in [0.05, 0.1) is 6.10 Å². The van der Waals surface area contributed by atoms with Gasteiger partial charge >= 0.3 is 0 Å². The van der Waals surface area contributed by atoms with Crippen LogP contribution in [0.4, 0.5) is 0 Å². The minimum Gasteiger partial charge on any atom is -0.390 e. The molecule has 0 aliphatic carbocycles. The van der Waals surface area contributed by atoms with E-state index >= 15 is 0 Å².